The number of carbonyl (C=O) groups is 1. The number of amides is 1. The zero-order chi connectivity index (χ0) is 8.97. The number of aryl methyl sites for hydroxylation is 1. The fourth-order valence-corrected chi connectivity index (χ4v) is 0.798. The summed E-state index contributed by atoms with van der Waals surface area (Å²) in [7, 11) is 0. The molecule has 0 aromatic carbocycles. The molecule has 0 aliphatic heterocycles. The molecular formula is C7H11N3O2. The monoisotopic (exact) mass is 169 g/mol. The number of hydrogen-bond acceptors (Lipinski definition) is 4. The van der Waals surface area contributed by atoms with Crippen molar-refractivity contribution in [2.75, 3.05) is 13.1 Å². The maximum Gasteiger partial charge on any atom is 0.256 e. The second kappa shape index (κ2) is 3.87. The summed E-state index contributed by atoms with van der Waals surface area (Å²) in [4.78, 5) is 11.2. The van der Waals surface area contributed by atoms with Gasteiger partial charge in [0.05, 0.1) is 6.20 Å². The van der Waals surface area contributed by atoms with Crippen LogP contribution in [-0.4, -0.2) is 24.2 Å². The molecule has 0 radical (unpaired) electrons. The first-order valence-corrected chi connectivity index (χ1v) is 3.65. The molecule has 1 rings (SSSR count). The van der Waals surface area contributed by atoms with Gasteiger partial charge in [0, 0.05) is 13.1 Å². The van der Waals surface area contributed by atoms with E-state index in [4.69, 9.17) is 10.3 Å². The number of nitrogens with two attached hydrogens (primary N) is 1. The highest BCUT2D eigenvalue weighted by molar-refractivity contribution is 5.94. The molecule has 0 aliphatic rings. The third-order valence-electron chi connectivity index (χ3n) is 1.43. The molecule has 66 valence electrons. The van der Waals surface area contributed by atoms with Gasteiger partial charge in [0.2, 0.25) is 0 Å². The van der Waals surface area contributed by atoms with E-state index in [1.54, 1.807) is 6.92 Å². The highest BCUT2D eigenvalue weighted by atomic mass is 16.5. The fraction of sp³-hybridized carbons (Fsp3) is 0.429. The maximum absolute atomic E-state index is 11.2. The topological polar surface area (TPSA) is 81.2 Å². The number of nitrogens with zero attached hydrogens (tertiary/aromatic N) is 1. The molecule has 0 bridgehead atoms. The lowest BCUT2D eigenvalue weighted by Gasteiger charge is -1.99. The molecule has 1 amide bonds. The molecule has 0 saturated heterocycles. The molecular weight excluding hydrogens is 158 g/mol. The number of carbonyl (C=O) groups excluding carboxylic acids is 1. The van der Waals surface area contributed by atoms with Crippen molar-refractivity contribution in [1.29, 1.82) is 0 Å². The molecule has 12 heavy (non-hydrogen) atoms. The first-order chi connectivity index (χ1) is 5.75. The summed E-state index contributed by atoms with van der Waals surface area (Å²) in [6.45, 7) is 2.57. The molecule has 0 spiro atoms. The van der Waals surface area contributed by atoms with E-state index < -0.39 is 0 Å². The summed E-state index contributed by atoms with van der Waals surface area (Å²) in [6, 6.07) is 0. The average Bonchev–Trinajstić information content (AvgIpc) is 2.47. The Kier molecular flexibility index (Phi) is 2.82. The van der Waals surface area contributed by atoms with Crippen LogP contribution in [0.1, 0.15) is 16.1 Å². The first kappa shape index (κ1) is 8.73. The quantitative estimate of drug-likeness (QED) is 0.649. The van der Waals surface area contributed by atoms with Gasteiger partial charge in [-0.15, -0.1) is 0 Å². The van der Waals surface area contributed by atoms with E-state index in [0.717, 1.165) is 0 Å². The normalized spacial score (nSPS) is 9.83. The molecule has 5 nitrogen and oxygen atoms in total. The molecule has 0 saturated carbocycles. The molecule has 1 heterocycles. The molecule has 3 N–H and O–H groups in total. The van der Waals surface area contributed by atoms with Gasteiger partial charge in [0.15, 0.2) is 0 Å². The van der Waals surface area contributed by atoms with Crippen LogP contribution >= 0.6 is 0 Å². The van der Waals surface area contributed by atoms with Crippen molar-refractivity contribution in [2.24, 2.45) is 5.73 Å². The lowest BCUT2D eigenvalue weighted by Crippen LogP contribution is -2.29. The summed E-state index contributed by atoms with van der Waals surface area (Å²) in [5, 5.41) is 6.10. The predicted molar refractivity (Wildman–Crippen MR) is 42.6 cm³/mol. The van der Waals surface area contributed by atoms with E-state index in [-0.39, 0.29) is 5.91 Å². The van der Waals surface area contributed by atoms with Crippen LogP contribution in [0.4, 0.5) is 0 Å². The van der Waals surface area contributed by atoms with Crippen molar-refractivity contribution in [1.82, 2.24) is 10.5 Å². The standard InChI is InChI=1S/C7H11N3O2/c1-5-6(4-10-12-5)7(11)9-3-2-8/h4H,2-3,8H2,1H3,(H,9,11). The van der Waals surface area contributed by atoms with Crippen LogP contribution in [0.3, 0.4) is 0 Å². The van der Waals surface area contributed by atoms with Crippen molar-refractivity contribution in [3.63, 3.8) is 0 Å². The van der Waals surface area contributed by atoms with Gasteiger partial charge in [-0.05, 0) is 6.92 Å². The molecule has 1 aromatic heterocycles. The van der Waals surface area contributed by atoms with Crippen molar-refractivity contribution in [2.45, 2.75) is 6.92 Å². The predicted octanol–water partition coefficient (Wildman–Crippen LogP) is -0.328. The molecule has 0 aliphatic carbocycles. The minimum Gasteiger partial charge on any atom is -0.361 e. The van der Waals surface area contributed by atoms with Gasteiger partial charge in [-0.2, -0.15) is 0 Å². The van der Waals surface area contributed by atoms with Crippen molar-refractivity contribution in [3.05, 3.63) is 17.5 Å². The van der Waals surface area contributed by atoms with Gasteiger partial charge >= 0.3 is 0 Å². The van der Waals surface area contributed by atoms with Crippen LogP contribution < -0.4 is 11.1 Å². The third kappa shape index (κ3) is 1.82. The zero-order valence-corrected chi connectivity index (χ0v) is 6.83. The Labute approximate surface area is 69.9 Å². The van der Waals surface area contributed by atoms with E-state index >= 15 is 0 Å². The SMILES string of the molecule is Cc1oncc1C(=O)NCCN. The Hall–Kier alpha value is -1.36. The lowest BCUT2D eigenvalue weighted by atomic mass is 10.2. The summed E-state index contributed by atoms with van der Waals surface area (Å²) in [6.07, 6.45) is 1.39. The van der Waals surface area contributed by atoms with Gasteiger partial charge in [-0.3, -0.25) is 4.79 Å². The Morgan fingerprint density at radius 2 is 2.58 bits per heavy atom. The lowest BCUT2D eigenvalue weighted by molar-refractivity contribution is 0.0953. The van der Waals surface area contributed by atoms with Crippen LogP contribution in [0, 0.1) is 6.92 Å². The minimum atomic E-state index is -0.195. The summed E-state index contributed by atoms with van der Waals surface area (Å²) >= 11 is 0. The summed E-state index contributed by atoms with van der Waals surface area (Å²) < 4.78 is 4.72. The van der Waals surface area contributed by atoms with Crippen molar-refractivity contribution in [3.8, 4) is 0 Å². The van der Waals surface area contributed by atoms with Crippen LogP contribution in [-0.2, 0) is 0 Å². The second-order valence-electron chi connectivity index (χ2n) is 2.34. The van der Waals surface area contributed by atoms with Crippen molar-refractivity contribution < 1.29 is 9.32 Å². The van der Waals surface area contributed by atoms with Crippen LogP contribution in [0.2, 0.25) is 0 Å². The Bertz CT molecular complexity index is 269. The average molecular weight is 169 g/mol. The molecule has 0 atom stereocenters. The van der Waals surface area contributed by atoms with Gasteiger partial charge in [0.25, 0.3) is 5.91 Å². The molecule has 1 aromatic rings. The van der Waals surface area contributed by atoms with Crippen LogP contribution in [0.25, 0.3) is 0 Å². The van der Waals surface area contributed by atoms with Crippen LogP contribution in [0.5, 0.6) is 0 Å². The Balaban J connectivity index is 2.59. The Morgan fingerprint density at radius 1 is 1.83 bits per heavy atom. The minimum absolute atomic E-state index is 0.195. The van der Waals surface area contributed by atoms with Gasteiger partial charge in [-0.1, -0.05) is 5.16 Å². The zero-order valence-electron chi connectivity index (χ0n) is 6.83. The highest BCUT2D eigenvalue weighted by Crippen LogP contribution is 2.04. The Morgan fingerprint density at radius 3 is 3.08 bits per heavy atom. The molecule has 5 heteroatoms. The highest BCUT2D eigenvalue weighted by Gasteiger charge is 2.10. The van der Waals surface area contributed by atoms with E-state index in [1.165, 1.54) is 6.20 Å². The van der Waals surface area contributed by atoms with E-state index in [2.05, 4.69) is 10.5 Å². The number of rotatable bonds is 3. The van der Waals surface area contributed by atoms with Gasteiger partial charge < -0.3 is 15.6 Å². The van der Waals surface area contributed by atoms with Gasteiger partial charge in [0.1, 0.15) is 11.3 Å². The number of aromatic nitrogens is 1. The van der Waals surface area contributed by atoms with E-state index in [9.17, 15) is 4.79 Å². The van der Waals surface area contributed by atoms with E-state index in [1.807, 2.05) is 0 Å². The smallest absolute Gasteiger partial charge is 0.256 e. The first-order valence-electron chi connectivity index (χ1n) is 3.65. The van der Waals surface area contributed by atoms with Crippen molar-refractivity contribution >= 4 is 5.91 Å². The molecule has 0 unspecified atom stereocenters. The van der Waals surface area contributed by atoms with Gasteiger partial charge in [-0.25, -0.2) is 0 Å². The summed E-state index contributed by atoms with van der Waals surface area (Å²) in [5.41, 5.74) is 5.68. The largest absolute Gasteiger partial charge is 0.361 e. The third-order valence-corrected chi connectivity index (χ3v) is 1.43. The van der Waals surface area contributed by atoms with Crippen LogP contribution in [0.15, 0.2) is 10.7 Å². The second-order valence-corrected chi connectivity index (χ2v) is 2.34. The molecule has 0 fully saturated rings. The number of nitrogens with one attached hydrogen (secondary N) is 1. The fourth-order valence-electron chi connectivity index (χ4n) is 0.798. The summed E-state index contributed by atoms with van der Waals surface area (Å²) in [5.74, 6) is 0.323. The number of hydrogen-bond donors (Lipinski definition) is 2. The maximum atomic E-state index is 11.2. The van der Waals surface area contributed by atoms with E-state index in [0.29, 0.717) is 24.4 Å².